The van der Waals surface area contributed by atoms with Crippen LogP contribution in [0.3, 0.4) is 0 Å². The third kappa shape index (κ3) is 5.00. The lowest BCUT2D eigenvalue weighted by Crippen LogP contribution is -2.38. The lowest BCUT2D eigenvalue weighted by Gasteiger charge is -2.29. The number of halogens is 3. The number of anilines is 1. The highest BCUT2D eigenvalue weighted by molar-refractivity contribution is 5.78. The number of para-hydroxylation sites is 1. The molecule has 1 aliphatic heterocycles. The van der Waals surface area contributed by atoms with Crippen molar-refractivity contribution in [1.82, 2.24) is 4.90 Å². The maximum atomic E-state index is 13.3. The van der Waals surface area contributed by atoms with Crippen molar-refractivity contribution < 1.29 is 27.8 Å². The summed E-state index contributed by atoms with van der Waals surface area (Å²) in [7, 11) is 1.63. The van der Waals surface area contributed by atoms with Gasteiger partial charge in [-0.15, -0.1) is 0 Å². The predicted octanol–water partition coefficient (Wildman–Crippen LogP) is 3.31. The summed E-state index contributed by atoms with van der Waals surface area (Å²) in [5.41, 5.74) is 0.176. The average Bonchev–Trinajstić information content (AvgIpc) is 3.21. The molecular weight excluding hydrogens is 385 g/mol. The number of carbonyl (C=O) groups excluding carboxylic acids is 1. The van der Waals surface area contributed by atoms with Crippen molar-refractivity contribution >= 4 is 11.6 Å². The summed E-state index contributed by atoms with van der Waals surface area (Å²) in [6.07, 6.45) is -3.85. The first kappa shape index (κ1) is 21.0. The molecule has 0 radical (unpaired) electrons. The number of rotatable bonds is 6. The molecule has 1 heterocycles. The number of benzene rings is 2. The molecule has 5 nitrogen and oxygen atoms in total. The van der Waals surface area contributed by atoms with Gasteiger partial charge in [0.2, 0.25) is 0 Å². The minimum Gasteiger partial charge on any atom is -0.484 e. The molecule has 1 fully saturated rings. The second-order valence-electron chi connectivity index (χ2n) is 7.00. The number of likely N-dealkylation sites (tertiary alicyclic amines) is 1. The lowest BCUT2D eigenvalue weighted by molar-refractivity contribution is -0.137. The fourth-order valence-electron chi connectivity index (χ4n) is 3.43. The zero-order chi connectivity index (χ0) is 21.0. The number of carbonyl (C=O) groups is 1. The number of hydrogen-bond acceptors (Lipinski definition) is 4. The number of aliphatic hydroxyl groups is 1. The van der Waals surface area contributed by atoms with E-state index in [1.807, 2.05) is 0 Å². The number of nitrogens with zero attached hydrogens (tertiary/aromatic N) is 2. The molecule has 0 spiro atoms. The van der Waals surface area contributed by atoms with Gasteiger partial charge in [-0.05, 0) is 36.2 Å². The molecule has 1 N–H and O–H groups in total. The van der Waals surface area contributed by atoms with Crippen molar-refractivity contribution in [2.24, 2.45) is 0 Å². The van der Waals surface area contributed by atoms with Crippen LogP contribution in [0.5, 0.6) is 5.75 Å². The van der Waals surface area contributed by atoms with E-state index in [1.54, 1.807) is 47.2 Å². The molecular formula is C21H23F3N2O3. The molecule has 1 saturated heterocycles. The van der Waals surface area contributed by atoms with Gasteiger partial charge in [0.05, 0.1) is 12.2 Å². The summed E-state index contributed by atoms with van der Waals surface area (Å²) in [6, 6.07) is 12.0. The summed E-state index contributed by atoms with van der Waals surface area (Å²) in [5.74, 6) is 0.304. The summed E-state index contributed by atoms with van der Waals surface area (Å²) in [5, 5.41) is 9.04. The number of hydrogen-bond donors (Lipinski definition) is 1. The SMILES string of the molecule is CN(c1ccccc1C(F)(F)F)[C@@H]1CCN(C(=O)COc2ccc(CO)cc2)C1. The molecule has 1 atom stereocenters. The molecule has 0 unspecified atom stereocenters. The normalized spacial score (nSPS) is 16.7. The van der Waals surface area contributed by atoms with Crippen molar-refractivity contribution in [2.75, 3.05) is 31.6 Å². The van der Waals surface area contributed by atoms with Crippen molar-refractivity contribution in [1.29, 1.82) is 0 Å². The first-order valence-corrected chi connectivity index (χ1v) is 9.29. The fourth-order valence-corrected chi connectivity index (χ4v) is 3.43. The van der Waals surface area contributed by atoms with Crippen LogP contribution in [-0.4, -0.2) is 48.7 Å². The maximum absolute atomic E-state index is 13.3. The van der Waals surface area contributed by atoms with Gasteiger partial charge in [-0.1, -0.05) is 24.3 Å². The number of aliphatic hydroxyl groups excluding tert-OH is 1. The van der Waals surface area contributed by atoms with Gasteiger partial charge < -0.3 is 19.6 Å². The number of alkyl halides is 3. The van der Waals surface area contributed by atoms with E-state index in [1.165, 1.54) is 12.1 Å². The van der Waals surface area contributed by atoms with Gasteiger partial charge in [0.1, 0.15) is 5.75 Å². The summed E-state index contributed by atoms with van der Waals surface area (Å²) >= 11 is 0. The number of ether oxygens (including phenoxy) is 1. The van der Waals surface area contributed by atoms with E-state index in [9.17, 15) is 18.0 Å². The minimum absolute atomic E-state index is 0.0701. The van der Waals surface area contributed by atoms with Gasteiger partial charge >= 0.3 is 6.18 Å². The predicted molar refractivity (Wildman–Crippen MR) is 103 cm³/mol. The highest BCUT2D eigenvalue weighted by Gasteiger charge is 2.36. The Hall–Kier alpha value is -2.74. The fraction of sp³-hybridized carbons (Fsp3) is 0.381. The lowest BCUT2D eigenvalue weighted by atomic mass is 10.1. The number of amides is 1. The standard InChI is InChI=1S/C21H23F3N2O3/c1-25(19-5-3-2-4-18(19)21(22,23)24)16-10-11-26(12-16)20(28)14-29-17-8-6-15(13-27)7-9-17/h2-9,16,27H,10-14H2,1H3/t16-/m1/s1. The molecule has 1 amide bonds. The van der Waals surface area contributed by atoms with Gasteiger partial charge in [-0.2, -0.15) is 13.2 Å². The Morgan fingerprint density at radius 1 is 1.21 bits per heavy atom. The molecule has 0 aliphatic carbocycles. The van der Waals surface area contributed by atoms with Crippen molar-refractivity contribution in [3.8, 4) is 5.75 Å². The zero-order valence-electron chi connectivity index (χ0n) is 16.0. The Balaban J connectivity index is 1.58. The molecule has 8 heteroatoms. The van der Waals surface area contributed by atoms with Crippen LogP contribution in [0.1, 0.15) is 17.5 Å². The summed E-state index contributed by atoms with van der Waals surface area (Å²) < 4.78 is 45.4. The van der Waals surface area contributed by atoms with Crippen LogP contribution in [0.15, 0.2) is 48.5 Å². The zero-order valence-corrected chi connectivity index (χ0v) is 16.0. The molecule has 1 aliphatic rings. The van der Waals surface area contributed by atoms with E-state index in [4.69, 9.17) is 9.84 Å². The summed E-state index contributed by atoms with van der Waals surface area (Å²) in [6.45, 7) is 0.594. The first-order chi connectivity index (χ1) is 13.8. The average molecular weight is 408 g/mol. The van der Waals surface area contributed by atoms with Gasteiger partial charge in [0, 0.05) is 31.9 Å². The molecule has 0 bridgehead atoms. The van der Waals surface area contributed by atoms with Crippen LogP contribution in [0, 0.1) is 0 Å². The second kappa shape index (κ2) is 8.73. The highest BCUT2D eigenvalue weighted by atomic mass is 19.4. The van der Waals surface area contributed by atoms with E-state index in [0.29, 0.717) is 25.3 Å². The second-order valence-corrected chi connectivity index (χ2v) is 7.00. The first-order valence-electron chi connectivity index (χ1n) is 9.29. The quantitative estimate of drug-likeness (QED) is 0.797. The maximum Gasteiger partial charge on any atom is 0.418 e. The molecule has 3 rings (SSSR count). The minimum atomic E-state index is -4.43. The monoisotopic (exact) mass is 408 g/mol. The molecule has 2 aromatic rings. The van der Waals surface area contributed by atoms with Crippen LogP contribution in [-0.2, 0) is 17.6 Å². The Kier molecular flexibility index (Phi) is 6.32. The molecule has 2 aromatic carbocycles. The van der Waals surface area contributed by atoms with Crippen LogP contribution in [0.25, 0.3) is 0 Å². The Bertz CT molecular complexity index is 840. The van der Waals surface area contributed by atoms with E-state index < -0.39 is 11.7 Å². The van der Waals surface area contributed by atoms with E-state index in [-0.39, 0.29) is 30.9 Å². The molecule has 0 saturated carbocycles. The topological polar surface area (TPSA) is 53.0 Å². The number of likely N-dealkylation sites (N-methyl/N-ethyl adjacent to an activating group) is 1. The molecule has 0 aromatic heterocycles. The van der Waals surface area contributed by atoms with Crippen LogP contribution < -0.4 is 9.64 Å². The highest BCUT2D eigenvalue weighted by Crippen LogP contribution is 2.37. The van der Waals surface area contributed by atoms with Crippen molar-refractivity contribution in [3.63, 3.8) is 0 Å². The molecule has 29 heavy (non-hydrogen) atoms. The van der Waals surface area contributed by atoms with Gasteiger partial charge in [0.25, 0.3) is 5.91 Å². The van der Waals surface area contributed by atoms with E-state index in [0.717, 1.165) is 11.6 Å². The van der Waals surface area contributed by atoms with Crippen LogP contribution in [0.4, 0.5) is 18.9 Å². The van der Waals surface area contributed by atoms with E-state index >= 15 is 0 Å². The smallest absolute Gasteiger partial charge is 0.418 e. The third-order valence-corrected chi connectivity index (χ3v) is 5.12. The van der Waals surface area contributed by atoms with Gasteiger partial charge in [-0.25, -0.2) is 0 Å². The Labute approximate surface area is 167 Å². The van der Waals surface area contributed by atoms with Crippen LogP contribution >= 0.6 is 0 Å². The van der Waals surface area contributed by atoms with Crippen LogP contribution in [0.2, 0.25) is 0 Å². The third-order valence-electron chi connectivity index (χ3n) is 5.12. The Morgan fingerprint density at radius 2 is 1.90 bits per heavy atom. The largest absolute Gasteiger partial charge is 0.484 e. The van der Waals surface area contributed by atoms with Gasteiger partial charge in [0.15, 0.2) is 6.61 Å². The van der Waals surface area contributed by atoms with Crippen molar-refractivity contribution in [2.45, 2.75) is 25.2 Å². The summed E-state index contributed by atoms with van der Waals surface area (Å²) in [4.78, 5) is 15.6. The van der Waals surface area contributed by atoms with Crippen molar-refractivity contribution in [3.05, 3.63) is 59.7 Å². The Morgan fingerprint density at radius 3 is 2.55 bits per heavy atom. The molecule has 156 valence electrons. The van der Waals surface area contributed by atoms with Gasteiger partial charge in [-0.3, -0.25) is 4.79 Å². The van der Waals surface area contributed by atoms with E-state index in [2.05, 4.69) is 0 Å².